The Balaban J connectivity index is 1.76. The minimum Gasteiger partial charge on any atom is -0.481 e. The summed E-state index contributed by atoms with van der Waals surface area (Å²) in [5, 5.41) is 12.4. The minimum atomic E-state index is -0.824. The molecule has 1 amide bonds. The first-order valence-electron chi connectivity index (χ1n) is 6.40. The molecule has 0 bridgehead atoms. The SMILES string of the molecule is O=C(O)C1CN(Cc2ccccc2)C(=O)CC12CN2. The number of amides is 1. The van der Waals surface area contributed by atoms with Gasteiger partial charge in [0, 0.05) is 26.1 Å². The summed E-state index contributed by atoms with van der Waals surface area (Å²) in [5.41, 5.74) is 0.551. The molecule has 0 saturated carbocycles. The normalized spacial score (nSPS) is 29.6. The van der Waals surface area contributed by atoms with Gasteiger partial charge in [-0.15, -0.1) is 0 Å². The fourth-order valence-electron chi connectivity index (χ4n) is 2.76. The van der Waals surface area contributed by atoms with E-state index < -0.39 is 17.4 Å². The number of likely N-dealkylation sites (tertiary alicyclic amines) is 1. The number of aliphatic carboxylic acids is 1. The van der Waals surface area contributed by atoms with E-state index in [2.05, 4.69) is 5.32 Å². The summed E-state index contributed by atoms with van der Waals surface area (Å²) in [6, 6.07) is 9.65. The second kappa shape index (κ2) is 4.35. The molecule has 1 aromatic rings. The van der Waals surface area contributed by atoms with Crippen molar-refractivity contribution in [1.29, 1.82) is 0 Å². The number of carboxylic acids is 1. The molecule has 0 aliphatic carbocycles. The number of nitrogens with zero attached hydrogens (tertiary/aromatic N) is 1. The van der Waals surface area contributed by atoms with Gasteiger partial charge in [0.25, 0.3) is 0 Å². The van der Waals surface area contributed by atoms with Crippen molar-refractivity contribution in [2.24, 2.45) is 5.92 Å². The molecule has 0 aromatic heterocycles. The molecule has 2 heterocycles. The van der Waals surface area contributed by atoms with Gasteiger partial charge in [0.1, 0.15) is 0 Å². The molecule has 2 fully saturated rings. The second-order valence-electron chi connectivity index (χ2n) is 5.34. The van der Waals surface area contributed by atoms with E-state index in [1.54, 1.807) is 4.90 Å². The highest BCUT2D eigenvalue weighted by molar-refractivity contribution is 5.84. The fourth-order valence-corrected chi connectivity index (χ4v) is 2.76. The van der Waals surface area contributed by atoms with E-state index in [1.165, 1.54) is 0 Å². The van der Waals surface area contributed by atoms with Crippen LogP contribution in [0.25, 0.3) is 0 Å². The van der Waals surface area contributed by atoms with E-state index in [0.29, 0.717) is 13.1 Å². The lowest BCUT2D eigenvalue weighted by atomic mass is 9.84. The number of carbonyl (C=O) groups excluding carboxylic acids is 1. The van der Waals surface area contributed by atoms with Crippen molar-refractivity contribution in [2.45, 2.75) is 18.5 Å². The lowest BCUT2D eigenvalue weighted by Crippen LogP contribution is -2.52. The zero-order valence-electron chi connectivity index (χ0n) is 10.5. The van der Waals surface area contributed by atoms with Gasteiger partial charge in [-0.3, -0.25) is 9.59 Å². The van der Waals surface area contributed by atoms with Gasteiger partial charge >= 0.3 is 5.97 Å². The lowest BCUT2D eigenvalue weighted by Gasteiger charge is -2.35. The van der Waals surface area contributed by atoms with Crippen molar-refractivity contribution in [3.05, 3.63) is 35.9 Å². The van der Waals surface area contributed by atoms with Crippen LogP contribution in [0.5, 0.6) is 0 Å². The van der Waals surface area contributed by atoms with Crippen LogP contribution >= 0.6 is 0 Å². The van der Waals surface area contributed by atoms with E-state index >= 15 is 0 Å². The summed E-state index contributed by atoms with van der Waals surface area (Å²) in [6.45, 7) is 1.41. The second-order valence-corrected chi connectivity index (χ2v) is 5.34. The van der Waals surface area contributed by atoms with Crippen molar-refractivity contribution in [3.63, 3.8) is 0 Å². The minimum absolute atomic E-state index is 0.0337. The Morgan fingerprint density at radius 2 is 2.11 bits per heavy atom. The largest absolute Gasteiger partial charge is 0.481 e. The van der Waals surface area contributed by atoms with Crippen molar-refractivity contribution in [3.8, 4) is 0 Å². The van der Waals surface area contributed by atoms with E-state index in [-0.39, 0.29) is 18.9 Å². The molecule has 19 heavy (non-hydrogen) atoms. The molecular weight excluding hydrogens is 244 g/mol. The van der Waals surface area contributed by atoms with Crippen molar-refractivity contribution in [2.75, 3.05) is 13.1 Å². The van der Waals surface area contributed by atoms with Crippen molar-refractivity contribution >= 4 is 11.9 Å². The molecule has 2 saturated heterocycles. The highest BCUT2D eigenvalue weighted by Crippen LogP contribution is 2.37. The van der Waals surface area contributed by atoms with Crippen molar-refractivity contribution in [1.82, 2.24) is 10.2 Å². The lowest BCUT2D eigenvalue weighted by molar-refractivity contribution is -0.149. The van der Waals surface area contributed by atoms with Crippen LogP contribution in [0.15, 0.2) is 30.3 Å². The van der Waals surface area contributed by atoms with Crippen LogP contribution in [0.1, 0.15) is 12.0 Å². The molecule has 5 heteroatoms. The van der Waals surface area contributed by atoms with Crippen molar-refractivity contribution < 1.29 is 14.7 Å². The van der Waals surface area contributed by atoms with Gasteiger partial charge in [-0.1, -0.05) is 30.3 Å². The summed E-state index contributed by atoms with van der Waals surface area (Å²) in [6.07, 6.45) is 0.288. The first kappa shape index (κ1) is 12.2. The zero-order chi connectivity index (χ0) is 13.5. The van der Waals surface area contributed by atoms with Crippen LogP contribution in [-0.2, 0) is 16.1 Å². The van der Waals surface area contributed by atoms with Crippen LogP contribution in [0, 0.1) is 5.92 Å². The average Bonchev–Trinajstić information content (AvgIpc) is 3.14. The molecule has 2 unspecified atom stereocenters. The number of nitrogens with one attached hydrogen (secondary N) is 1. The third-order valence-corrected chi connectivity index (χ3v) is 4.03. The monoisotopic (exact) mass is 260 g/mol. The number of hydrogen-bond donors (Lipinski definition) is 2. The maximum absolute atomic E-state index is 12.1. The topological polar surface area (TPSA) is 79.5 Å². The number of carbonyl (C=O) groups is 2. The van der Waals surface area contributed by atoms with E-state index in [0.717, 1.165) is 5.56 Å². The van der Waals surface area contributed by atoms with Crippen LogP contribution < -0.4 is 5.32 Å². The molecule has 2 N–H and O–H groups in total. The Labute approximate surface area is 111 Å². The van der Waals surface area contributed by atoms with Gasteiger partial charge in [0.15, 0.2) is 0 Å². The van der Waals surface area contributed by atoms with Gasteiger partial charge < -0.3 is 15.3 Å². The molecule has 100 valence electrons. The quantitative estimate of drug-likeness (QED) is 0.774. The number of carboxylic acid groups (broad SMARTS) is 1. The number of hydrogen-bond acceptors (Lipinski definition) is 3. The van der Waals surface area contributed by atoms with Crippen LogP contribution in [0.4, 0.5) is 0 Å². The third kappa shape index (κ3) is 2.21. The first-order valence-corrected chi connectivity index (χ1v) is 6.40. The number of benzene rings is 1. The van der Waals surface area contributed by atoms with Crippen LogP contribution in [0.3, 0.4) is 0 Å². The van der Waals surface area contributed by atoms with Crippen LogP contribution in [0.2, 0.25) is 0 Å². The first-order chi connectivity index (χ1) is 9.11. The Morgan fingerprint density at radius 1 is 1.42 bits per heavy atom. The Kier molecular flexibility index (Phi) is 2.78. The Bertz CT molecular complexity index is 511. The van der Waals surface area contributed by atoms with Gasteiger partial charge in [-0.2, -0.15) is 0 Å². The standard InChI is InChI=1S/C14H16N2O3/c17-12-6-14(9-15-14)11(13(18)19)8-16(12)7-10-4-2-1-3-5-10/h1-5,11,15H,6-9H2,(H,18,19). The Morgan fingerprint density at radius 3 is 2.68 bits per heavy atom. The predicted octanol–water partition coefficient (Wildman–Crippen LogP) is 0.462. The van der Waals surface area contributed by atoms with Gasteiger partial charge in [-0.05, 0) is 5.56 Å². The predicted molar refractivity (Wildman–Crippen MR) is 68.3 cm³/mol. The van der Waals surface area contributed by atoms with E-state index in [9.17, 15) is 14.7 Å². The summed E-state index contributed by atoms with van der Waals surface area (Å²) < 4.78 is 0. The number of rotatable bonds is 3. The number of piperidine rings is 1. The van der Waals surface area contributed by atoms with Gasteiger partial charge in [-0.25, -0.2) is 0 Å². The third-order valence-electron chi connectivity index (χ3n) is 4.03. The molecule has 2 atom stereocenters. The highest BCUT2D eigenvalue weighted by atomic mass is 16.4. The average molecular weight is 260 g/mol. The summed E-state index contributed by atoms with van der Waals surface area (Å²) in [4.78, 5) is 25.1. The molecule has 3 rings (SSSR count). The smallest absolute Gasteiger partial charge is 0.310 e. The van der Waals surface area contributed by atoms with E-state index in [1.807, 2.05) is 30.3 Å². The van der Waals surface area contributed by atoms with Crippen LogP contribution in [-0.4, -0.2) is 40.5 Å². The molecule has 1 spiro atoms. The Hall–Kier alpha value is -1.88. The molecule has 1 aromatic carbocycles. The van der Waals surface area contributed by atoms with Gasteiger partial charge in [0.05, 0.1) is 11.5 Å². The summed E-state index contributed by atoms with van der Waals surface area (Å²) in [7, 11) is 0. The molecular formula is C14H16N2O3. The summed E-state index contributed by atoms with van der Waals surface area (Å²) >= 11 is 0. The highest BCUT2D eigenvalue weighted by Gasteiger charge is 2.57. The maximum atomic E-state index is 12.1. The summed E-state index contributed by atoms with van der Waals surface area (Å²) in [5.74, 6) is -1.30. The molecule has 2 aliphatic rings. The zero-order valence-corrected chi connectivity index (χ0v) is 10.5. The fraction of sp³-hybridized carbons (Fsp3) is 0.429. The van der Waals surface area contributed by atoms with Gasteiger partial charge in [0.2, 0.25) is 5.91 Å². The molecule has 5 nitrogen and oxygen atoms in total. The maximum Gasteiger partial charge on any atom is 0.310 e. The molecule has 0 radical (unpaired) electrons. The van der Waals surface area contributed by atoms with E-state index in [4.69, 9.17) is 0 Å². The molecule has 2 aliphatic heterocycles.